The Hall–Kier alpha value is -1.32. The Morgan fingerprint density at radius 1 is 1.40 bits per heavy atom. The van der Waals surface area contributed by atoms with E-state index in [0.717, 1.165) is 19.3 Å². The van der Waals surface area contributed by atoms with Gasteiger partial charge in [0, 0.05) is 6.54 Å². The zero-order chi connectivity index (χ0) is 11.1. The Bertz CT molecular complexity index is 271. The van der Waals surface area contributed by atoms with Gasteiger partial charge in [0.1, 0.15) is 6.42 Å². The van der Waals surface area contributed by atoms with Gasteiger partial charge >= 0.3 is 5.97 Å². The summed E-state index contributed by atoms with van der Waals surface area (Å²) < 4.78 is 0. The molecule has 0 saturated heterocycles. The van der Waals surface area contributed by atoms with E-state index in [0.29, 0.717) is 6.54 Å². The first-order valence-corrected chi connectivity index (χ1v) is 5.35. The van der Waals surface area contributed by atoms with Crippen LogP contribution in [-0.2, 0) is 9.59 Å². The molecule has 1 aliphatic rings. The van der Waals surface area contributed by atoms with Crippen LogP contribution in [0.15, 0.2) is 11.6 Å². The van der Waals surface area contributed by atoms with Crippen molar-refractivity contribution >= 4 is 11.9 Å². The molecule has 0 aromatic rings. The predicted octanol–water partition coefficient (Wildman–Crippen LogP) is 1.47. The molecule has 15 heavy (non-hydrogen) atoms. The highest BCUT2D eigenvalue weighted by molar-refractivity contribution is 5.93. The van der Waals surface area contributed by atoms with Crippen molar-refractivity contribution in [2.45, 2.75) is 38.5 Å². The van der Waals surface area contributed by atoms with Crippen molar-refractivity contribution in [2.24, 2.45) is 0 Å². The summed E-state index contributed by atoms with van der Waals surface area (Å²) in [6, 6.07) is 0. The third kappa shape index (κ3) is 5.20. The molecular weight excluding hydrogens is 194 g/mol. The lowest BCUT2D eigenvalue weighted by molar-refractivity contribution is -0.140. The Morgan fingerprint density at radius 3 is 2.80 bits per heavy atom. The molecule has 0 heterocycles. The fourth-order valence-electron chi connectivity index (χ4n) is 1.69. The Kier molecular flexibility index (Phi) is 4.87. The van der Waals surface area contributed by atoms with E-state index < -0.39 is 18.3 Å². The van der Waals surface area contributed by atoms with Crippen LogP contribution in [0.1, 0.15) is 38.5 Å². The second-order valence-corrected chi connectivity index (χ2v) is 3.78. The average molecular weight is 211 g/mol. The lowest BCUT2D eigenvalue weighted by atomic mass is 9.97. The third-order valence-corrected chi connectivity index (χ3v) is 2.47. The van der Waals surface area contributed by atoms with Crippen molar-refractivity contribution in [3.8, 4) is 0 Å². The number of amides is 1. The van der Waals surface area contributed by atoms with Crippen LogP contribution in [0.2, 0.25) is 0 Å². The molecular formula is C11H17NO3. The van der Waals surface area contributed by atoms with Gasteiger partial charge in [0.05, 0.1) is 0 Å². The number of rotatable bonds is 5. The van der Waals surface area contributed by atoms with Gasteiger partial charge in [-0.15, -0.1) is 0 Å². The molecule has 0 aromatic heterocycles. The van der Waals surface area contributed by atoms with Gasteiger partial charge < -0.3 is 10.4 Å². The summed E-state index contributed by atoms with van der Waals surface area (Å²) in [6.45, 7) is 0.554. The standard InChI is InChI=1S/C11H17NO3/c13-10(8-11(14)15)12-7-6-9-4-2-1-3-5-9/h4H,1-3,5-8H2,(H,12,13)(H,14,15). The molecule has 0 aliphatic heterocycles. The van der Waals surface area contributed by atoms with Crippen LogP contribution in [0, 0.1) is 0 Å². The van der Waals surface area contributed by atoms with E-state index in [1.165, 1.54) is 18.4 Å². The van der Waals surface area contributed by atoms with Crippen LogP contribution in [0.5, 0.6) is 0 Å². The first-order chi connectivity index (χ1) is 7.18. The smallest absolute Gasteiger partial charge is 0.312 e. The number of hydrogen-bond donors (Lipinski definition) is 2. The number of carboxylic acid groups (broad SMARTS) is 1. The first-order valence-electron chi connectivity index (χ1n) is 5.35. The summed E-state index contributed by atoms with van der Waals surface area (Å²) in [5.41, 5.74) is 1.39. The topological polar surface area (TPSA) is 66.4 Å². The Labute approximate surface area is 89.4 Å². The third-order valence-electron chi connectivity index (χ3n) is 2.47. The van der Waals surface area contributed by atoms with Crippen LogP contribution >= 0.6 is 0 Å². The minimum absolute atomic E-state index is 0.404. The van der Waals surface area contributed by atoms with E-state index in [2.05, 4.69) is 11.4 Å². The van der Waals surface area contributed by atoms with E-state index >= 15 is 0 Å². The Morgan fingerprint density at radius 2 is 2.20 bits per heavy atom. The number of hydrogen-bond acceptors (Lipinski definition) is 2. The molecule has 0 fully saturated rings. The minimum atomic E-state index is -1.08. The molecule has 1 amide bonds. The van der Waals surface area contributed by atoms with E-state index in [-0.39, 0.29) is 0 Å². The number of nitrogens with one attached hydrogen (secondary N) is 1. The second-order valence-electron chi connectivity index (χ2n) is 3.78. The van der Waals surface area contributed by atoms with Gasteiger partial charge in [-0.25, -0.2) is 0 Å². The molecule has 2 N–H and O–H groups in total. The highest BCUT2D eigenvalue weighted by Crippen LogP contribution is 2.19. The minimum Gasteiger partial charge on any atom is -0.481 e. The average Bonchev–Trinajstić information content (AvgIpc) is 2.18. The van der Waals surface area contributed by atoms with Crippen molar-refractivity contribution in [1.29, 1.82) is 0 Å². The van der Waals surface area contributed by atoms with Crippen molar-refractivity contribution < 1.29 is 14.7 Å². The van der Waals surface area contributed by atoms with E-state index in [1.54, 1.807) is 0 Å². The SMILES string of the molecule is O=C(O)CC(=O)NCCC1=CCCCC1. The maximum atomic E-state index is 11.0. The summed E-state index contributed by atoms with van der Waals surface area (Å²) in [5.74, 6) is -1.48. The molecule has 0 atom stereocenters. The van der Waals surface area contributed by atoms with Crippen LogP contribution < -0.4 is 5.32 Å². The highest BCUT2D eigenvalue weighted by atomic mass is 16.4. The van der Waals surface area contributed by atoms with Gasteiger partial charge in [-0.1, -0.05) is 11.6 Å². The molecule has 0 spiro atoms. The number of allylic oxidation sites excluding steroid dienone is 1. The van der Waals surface area contributed by atoms with E-state index in [1.807, 2.05) is 0 Å². The zero-order valence-corrected chi connectivity index (χ0v) is 8.79. The quantitative estimate of drug-likeness (QED) is 0.534. The maximum Gasteiger partial charge on any atom is 0.312 e. The molecule has 0 saturated carbocycles. The summed E-state index contributed by atoms with van der Waals surface area (Å²) in [6.07, 6.45) is 7.40. The van der Waals surface area contributed by atoms with Gasteiger partial charge in [-0.05, 0) is 32.1 Å². The van der Waals surface area contributed by atoms with Gasteiger partial charge in [0.2, 0.25) is 5.91 Å². The zero-order valence-electron chi connectivity index (χ0n) is 8.79. The largest absolute Gasteiger partial charge is 0.481 e. The number of carboxylic acids is 1. The Balaban J connectivity index is 2.12. The van der Waals surface area contributed by atoms with Crippen LogP contribution in [0.25, 0.3) is 0 Å². The van der Waals surface area contributed by atoms with Crippen LogP contribution in [-0.4, -0.2) is 23.5 Å². The fraction of sp³-hybridized carbons (Fsp3) is 0.636. The molecule has 84 valence electrons. The summed E-state index contributed by atoms with van der Waals surface area (Å²) in [5, 5.41) is 11.0. The van der Waals surface area contributed by atoms with E-state index in [9.17, 15) is 9.59 Å². The van der Waals surface area contributed by atoms with E-state index in [4.69, 9.17) is 5.11 Å². The fourth-order valence-corrected chi connectivity index (χ4v) is 1.69. The summed E-state index contributed by atoms with van der Waals surface area (Å²) in [4.78, 5) is 21.2. The van der Waals surface area contributed by atoms with Gasteiger partial charge in [0.25, 0.3) is 0 Å². The number of carbonyl (C=O) groups is 2. The molecule has 0 aromatic carbocycles. The normalized spacial score (nSPS) is 15.6. The highest BCUT2D eigenvalue weighted by Gasteiger charge is 2.07. The second kappa shape index (κ2) is 6.22. The van der Waals surface area contributed by atoms with Crippen LogP contribution in [0.4, 0.5) is 0 Å². The number of carbonyl (C=O) groups excluding carboxylic acids is 1. The molecule has 1 rings (SSSR count). The summed E-state index contributed by atoms with van der Waals surface area (Å²) in [7, 11) is 0. The monoisotopic (exact) mass is 211 g/mol. The predicted molar refractivity (Wildman–Crippen MR) is 56.4 cm³/mol. The lowest BCUT2D eigenvalue weighted by Crippen LogP contribution is -2.26. The molecule has 0 radical (unpaired) electrons. The molecule has 4 nitrogen and oxygen atoms in total. The lowest BCUT2D eigenvalue weighted by Gasteiger charge is -2.12. The van der Waals surface area contributed by atoms with Gasteiger partial charge in [0.15, 0.2) is 0 Å². The number of aliphatic carboxylic acids is 1. The van der Waals surface area contributed by atoms with Crippen molar-refractivity contribution in [3.63, 3.8) is 0 Å². The van der Waals surface area contributed by atoms with Gasteiger partial charge in [-0.3, -0.25) is 9.59 Å². The molecule has 1 aliphatic carbocycles. The van der Waals surface area contributed by atoms with Crippen molar-refractivity contribution in [1.82, 2.24) is 5.32 Å². The van der Waals surface area contributed by atoms with Crippen molar-refractivity contribution in [2.75, 3.05) is 6.54 Å². The summed E-state index contributed by atoms with van der Waals surface area (Å²) >= 11 is 0. The van der Waals surface area contributed by atoms with Crippen molar-refractivity contribution in [3.05, 3.63) is 11.6 Å². The molecule has 4 heteroatoms. The van der Waals surface area contributed by atoms with Gasteiger partial charge in [-0.2, -0.15) is 0 Å². The first kappa shape index (κ1) is 11.8. The molecule has 0 bridgehead atoms. The maximum absolute atomic E-state index is 11.0. The molecule has 0 unspecified atom stereocenters. The van der Waals surface area contributed by atoms with Crippen LogP contribution in [0.3, 0.4) is 0 Å².